The molecule has 0 radical (unpaired) electrons. The van der Waals surface area contributed by atoms with E-state index in [-0.39, 0.29) is 12.5 Å². The summed E-state index contributed by atoms with van der Waals surface area (Å²) in [6, 6.07) is -0.818. The van der Waals surface area contributed by atoms with Crippen LogP contribution >= 0.6 is 0 Å². The van der Waals surface area contributed by atoms with Gasteiger partial charge in [0.2, 0.25) is 5.91 Å². The quantitative estimate of drug-likeness (QED) is 0.0397. The molecule has 3 atom stereocenters. The molecule has 4 N–H and O–H groups in total. The highest BCUT2D eigenvalue weighted by Gasteiger charge is 2.26. The third-order valence-electron chi connectivity index (χ3n) is 9.62. The molecule has 0 spiro atoms. The number of aliphatic hydroxyl groups is 3. The zero-order valence-electron chi connectivity index (χ0n) is 31.0. The lowest BCUT2D eigenvalue weighted by molar-refractivity contribution is -0.124. The SMILES string of the molecule is CCCCCC/C=C/CCCC(O)C(O)C(CO)NC(=O)CCCCCCCCCCCCCCCCCCCCCCCCC. The predicted octanol–water partition coefficient (Wildman–Crippen LogP) is 11.3. The first-order valence-corrected chi connectivity index (χ1v) is 20.5. The summed E-state index contributed by atoms with van der Waals surface area (Å²) < 4.78 is 0. The second-order valence-electron chi connectivity index (χ2n) is 14.2. The van der Waals surface area contributed by atoms with Crippen LogP contribution in [0.1, 0.15) is 219 Å². The van der Waals surface area contributed by atoms with Crippen LogP contribution in [-0.2, 0) is 4.79 Å². The van der Waals surface area contributed by atoms with Gasteiger partial charge in [-0.1, -0.05) is 187 Å². The third kappa shape index (κ3) is 31.7. The molecule has 0 rings (SSSR count). The van der Waals surface area contributed by atoms with E-state index < -0.39 is 18.2 Å². The van der Waals surface area contributed by atoms with Crippen molar-refractivity contribution >= 4 is 5.91 Å². The summed E-state index contributed by atoms with van der Waals surface area (Å²) in [5.74, 6) is -0.153. The number of unbranched alkanes of at least 4 members (excludes halogenated alkanes) is 27. The molecule has 0 aromatic carbocycles. The van der Waals surface area contributed by atoms with Crippen LogP contribution in [0.2, 0.25) is 0 Å². The van der Waals surface area contributed by atoms with E-state index in [1.54, 1.807) is 0 Å². The topological polar surface area (TPSA) is 89.8 Å². The maximum atomic E-state index is 12.4. The molecule has 1 amide bonds. The summed E-state index contributed by atoms with van der Waals surface area (Å²) in [5.41, 5.74) is 0. The molecule has 0 aliphatic heterocycles. The van der Waals surface area contributed by atoms with E-state index in [1.165, 1.54) is 154 Å². The van der Waals surface area contributed by atoms with Crippen LogP contribution < -0.4 is 5.32 Å². The van der Waals surface area contributed by atoms with Crippen molar-refractivity contribution in [2.24, 2.45) is 0 Å². The molecule has 5 heteroatoms. The Bertz CT molecular complexity index is 640. The van der Waals surface area contributed by atoms with Gasteiger partial charge in [0.15, 0.2) is 0 Å². The van der Waals surface area contributed by atoms with Crippen molar-refractivity contribution < 1.29 is 20.1 Å². The Morgan fingerprint density at radius 2 is 0.870 bits per heavy atom. The van der Waals surface area contributed by atoms with Crippen LogP contribution in [0.5, 0.6) is 0 Å². The van der Waals surface area contributed by atoms with Crippen LogP contribution in [0.25, 0.3) is 0 Å². The first kappa shape index (κ1) is 45.1. The molecule has 0 heterocycles. The van der Waals surface area contributed by atoms with Crippen molar-refractivity contribution in [3.8, 4) is 0 Å². The van der Waals surface area contributed by atoms with E-state index in [0.29, 0.717) is 12.8 Å². The zero-order valence-corrected chi connectivity index (χ0v) is 31.0. The minimum Gasteiger partial charge on any atom is -0.394 e. The van der Waals surface area contributed by atoms with Crippen molar-refractivity contribution in [1.29, 1.82) is 0 Å². The van der Waals surface area contributed by atoms with Gasteiger partial charge in [0.1, 0.15) is 6.10 Å². The highest BCUT2D eigenvalue weighted by molar-refractivity contribution is 5.76. The molecule has 274 valence electrons. The fourth-order valence-corrected chi connectivity index (χ4v) is 6.40. The molecule has 0 saturated carbocycles. The summed E-state index contributed by atoms with van der Waals surface area (Å²) in [6.45, 7) is 4.13. The standard InChI is InChI=1S/C41H81NO4/c1-3-5-7-9-11-13-14-15-16-17-18-19-20-21-22-23-24-25-26-28-30-32-34-36-40(45)42-38(37-43)41(46)39(44)35-33-31-29-27-12-10-8-6-4-2/h27,29,38-39,41,43-44,46H,3-26,28,30-37H2,1-2H3,(H,42,45)/b29-27+. The van der Waals surface area contributed by atoms with Gasteiger partial charge in [-0.25, -0.2) is 0 Å². The van der Waals surface area contributed by atoms with Gasteiger partial charge >= 0.3 is 0 Å². The number of carbonyl (C=O) groups excluding carboxylic acids is 1. The Balaban J connectivity index is 3.54. The van der Waals surface area contributed by atoms with Gasteiger partial charge in [0.05, 0.1) is 18.8 Å². The zero-order chi connectivity index (χ0) is 33.8. The Kier molecular flexibility index (Phi) is 36.2. The number of allylic oxidation sites excluding steroid dienone is 2. The maximum Gasteiger partial charge on any atom is 0.220 e. The van der Waals surface area contributed by atoms with E-state index in [1.807, 2.05) is 0 Å². The molecule has 0 bridgehead atoms. The number of hydrogen-bond donors (Lipinski definition) is 4. The lowest BCUT2D eigenvalue weighted by Crippen LogP contribution is -2.50. The van der Waals surface area contributed by atoms with Crippen molar-refractivity contribution in [3.63, 3.8) is 0 Å². The summed E-state index contributed by atoms with van der Waals surface area (Å²) in [4.78, 5) is 12.4. The highest BCUT2D eigenvalue weighted by atomic mass is 16.3. The lowest BCUT2D eigenvalue weighted by atomic mass is 10.0. The number of nitrogens with one attached hydrogen (secondary N) is 1. The second-order valence-corrected chi connectivity index (χ2v) is 14.2. The van der Waals surface area contributed by atoms with Crippen molar-refractivity contribution in [1.82, 2.24) is 5.32 Å². The molecule has 0 aliphatic rings. The second kappa shape index (κ2) is 36.9. The van der Waals surface area contributed by atoms with E-state index >= 15 is 0 Å². The number of rotatable bonds is 37. The number of carbonyl (C=O) groups is 1. The molecule has 5 nitrogen and oxygen atoms in total. The number of amides is 1. The van der Waals surface area contributed by atoms with Crippen LogP contribution in [0.4, 0.5) is 0 Å². The largest absolute Gasteiger partial charge is 0.394 e. The molecule has 0 saturated heterocycles. The van der Waals surface area contributed by atoms with Crippen LogP contribution in [-0.4, -0.2) is 46.1 Å². The first-order chi connectivity index (χ1) is 22.6. The monoisotopic (exact) mass is 652 g/mol. The fourth-order valence-electron chi connectivity index (χ4n) is 6.40. The first-order valence-electron chi connectivity index (χ1n) is 20.5. The van der Waals surface area contributed by atoms with Gasteiger partial charge in [-0.15, -0.1) is 0 Å². The molecular weight excluding hydrogens is 570 g/mol. The minimum atomic E-state index is -1.15. The smallest absolute Gasteiger partial charge is 0.220 e. The van der Waals surface area contributed by atoms with E-state index in [2.05, 4.69) is 31.3 Å². The Labute approximate surface area is 287 Å². The normalized spacial score (nSPS) is 13.8. The van der Waals surface area contributed by atoms with Gasteiger partial charge < -0.3 is 20.6 Å². The summed E-state index contributed by atoms with van der Waals surface area (Å²) in [5, 5.41) is 33.2. The van der Waals surface area contributed by atoms with Gasteiger partial charge in [-0.3, -0.25) is 4.79 Å². The Morgan fingerprint density at radius 1 is 0.522 bits per heavy atom. The molecule has 3 unspecified atom stereocenters. The van der Waals surface area contributed by atoms with Gasteiger partial charge in [-0.05, 0) is 38.5 Å². The van der Waals surface area contributed by atoms with Gasteiger partial charge in [0.25, 0.3) is 0 Å². The predicted molar refractivity (Wildman–Crippen MR) is 199 cm³/mol. The molecule has 0 aromatic rings. The molecule has 0 aliphatic carbocycles. The molecule has 0 fully saturated rings. The lowest BCUT2D eigenvalue weighted by Gasteiger charge is -2.26. The molecule has 0 aromatic heterocycles. The third-order valence-corrected chi connectivity index (χ3v) is 9.62. The number of aliphatic hydroxyl groups excluding tert-OH is 3. The maximum absolute atomic E-state index is 12.4. The number of hydrogen-bond acceptors (Lipinski definition) is 4. The average molecular weight is 652 g/mol. The average Bonchev–Trinajstić information content (AvgIpc) is 3.06. The summed E-state index contributed by atoms with van der Waals surface area (Å²) in [7, 11) is 0. The van der Waals surface area contributed by atoms with Crippen LogP contribution in [0.3, 0.4) is 0 Å². The van der Waals surface area contributed by atoms with Crippen molar-refractivity contribution in [3.05, 3.63) is 12.2 Å². The van der Waals surface area contributed by atoms with Gasteiger partial charge in [-0.2, -0.15) is 0 Å². The van der Waals surface area contributed by atoms with Crippen molar-refractivity contribution in [2.75, 3.05) is 6.61 Å². The van der Waals surface area contributed by atoms with Crippen LogP contribution in [0, 0.1) is 0 Å². The molecule has 46 heavy (non-hydrogen) atoms. The van der Waals surface area contributed by atoms with E-state index in [0.717, 1.165) is 38.5 Å². The van der Waals surface area contributed by atoms with Crippen molar-refractivity contribution in [2.45, 2.75) is 238 Å². The van der Waals surface area contributed by atoms with E-state index in [9.17, 15) is 20.1 Å². The fraction of sp³-hybridized carbons (Fsp3) is 0.927. The molecular formula is C41H81NO4. The summed E-state index contributed by atoms with van der Waals surface area (Å²) >= 11 is 0. The van der Waals surface area contributed by atoms with E-state index in [4.69, 9.17) is 0 Å². The Hall–Kier alpha value is -0.910. The minimum absolute atomic E-state index is 0.153. The van der Waals surface area contributed by atoms with Crippen LogP contribution in [0.15, 0.2) is 12.2 Å². The summed E-state index contributed by atoms with van der Waals surface area (Å²) in [6.07, 6.45) is 41.9. The Morgan fingerprint density at radius 3 is 1.26 bits per heavy atom. The van der Waals surface area contributed by atoms with Gasteiger partial charge in [0, 0.05) is 6.42 Å². The highest BCUT2D eigenvalue weighted by Crippen LogP contribution is 2.16.